The standard InChI is InChI=1S/C7H11Br3O/c1-2-3-4-5-6(11)7(8,9)10/h4-6,11H,2-3H2,1H3/b5-4+. The minimum Gasteiger partial charge on any atom is -0.386 e. The topological polar surface area (TPSA) is 20.2 Å². The number of alkyl halides is 3. The second-order valence-corrected chi connectivity index (χ2v) is 9.15. The van der Waals surface area contributed by atoms with Gasteiger partial charge in [-0.3, -0.25) is 0 Å². The van der Waals surface area contributed by atoms with Crippen molar-refractivity contribution in [3.8, 4) is 0 Å². The summed E-state index contributed by atoms with van der Waals surface area (Å²) in [7, 11) is 0. The average Bonchev–Trinajstić information content (AvgIpc) is 1.86. The zero-order valence-corrected chi connectivity index (χ0v) is 11.0. The van der Waals surface area contributed by atoms with Crippen LogP contribution >= 0.6 is 47.8 Å². The Morgan fingerprint density at radius 3 is 2.36 bits per heavy atom. The van der Waals surface area contributed by atoms with Crippen LogP contribution in [0.5, 0.6) is 0 Å². The molecule has 0 aromatic rings. The molecular formula is C7H11Br3O. The Kier molecular flexibility index (Phi) is 6.32. The van der Waals surface area contributed by atoms with Crippen molar-refractivity contribution >= 4 is 47.8 Å². The van der Waals surface area contributed by atoms with E-state index in [1.54, 1.807) is 6.08 Å². The second-order valence-electron chi connectivity index (χ2n) is 2.20. The summed E-state index contributed by atoms with van der Waals surface area (Å²) in [4.78, 5) is 0. The van der Waals surface area contributed by atoms with Crippen LogP contribution in [-0.4, -0.2) is 13.4 Å². The Morgan fingerprint density at radius 2 is 2.00 bits per heavy atom. The lowest BCUT2D eigenvalue weighted by atomic mass is 10.3. The van der Waals surface area contributed by atoms with Crippen molar-refractivity contribution in [1.82, 2.24) is 0 Å². The van der Waals surface area contributed by atoms with Gasteiger partial charge in [0.05, 0.1) is 0 Å². The zero-order valence-electron chi connectivity index (χ0n) is 6.23. The summed E-state index contributed by atoms with van der Waals surface area (Å²) in [6.45, 7) is 2.10. The quantitative estimate of drug-likeness (QED) is 0.609. The van der Waals surface area contributed by atoms with Crippen LogP contribution in [0.3, 0.4) is 0 Å². The molecule has 0 rings (SSSR count). The van der Waals surface area contributed by atoms with Crippen LogP contribution in [-0.2, 0) is 0 Å². The lowest BCUT2D eigenvalue weighted by Gasteiger charge is -2.15. The molecule has 0 aromatic carbocycles. The minimum atomic E-state index is -0.586. The van der Waals surface area contributed by atoms with Gasteiger partial charge in [0, 0.05) is 0 Å². The lowest BCUT2D eigenvalue weighted by molar-refractivity contribution is 0.238. The molecule has 0 spiro atoms. The highest BCUT2D eigenvalue weighted by molar-refractivity contribution is 9.39. The molecule has 0 aliphatic carbocycles. The van der Waals surface area contributed by atoms with Gasteiger partial charge in [-0.05, 0) is 6.42 Å². The molecule has 0 heterocycles. The van der Waals surface area contributed by atoms with Crippen molar-refractivity contribution in [2.45, 2.75) is 28.0 Å². The van der Waals surface area contributed by atoms with Crippen LogP contribution in [0.4, 0.5) is 0 Å². The number of hydrogen-bond acceptors (Lipinski definition) is 1. The molecule has 0 saturated carbocycles. The summed E-state index contributed by atoms with van der Waals surface area (Å²) in [5.41, 5.74) is 0. The Hall–Kier alpha value is 1.14. The maximum atomic E-state index is 9.38. The molecule has 0 radical (unpaired) electrons. The van der Waals surface area contributed by atoms with Gasteiger partial charge < -0.3 is 5.11 Å². The lowest BCUT2D eigenvalue weighted by Crippen LogP contribution is -2.20. The van der Waals surface area contributed by atoms with Crippen LogP contribution in [0.25, 0.3) is 0 Å². The van der Waals surface area contributed by atoms with E-state index < -0.39 is 8.25 Å². The molecule has 0 aliphatic heterocycles. The predicted molar refractivity (Wildman–Crippen MR) is 59.6 cm³/mol. The fraction of sp³-hybridized carbons (Fsp3) is 0.714. The van der Waals surface area contributed by atoms with E-state index in [0.717, 1.165) is 12.8 Å². The van der Waals surface area contributed by atoms with Crippen molar-refractivity contribution in [2.75, 3.05) is 0 Å². The Bertz CT molecular complexity index is 128. The molecule has 1 nitrogen and oxygen atoms in total. The predicted octanol–water partition coefficient (Wildman–Crippen LogP) is 3.54. The van der Waals surface area contributed by atoms with Crippen LogP contribution in [0.1, 0.15) is 19.8 Å². The highest BCUT2D eigenvalue weighted by Crippen LogP contribution is 2.37. The molecular weight excluding hydrogens is 340 g/mol. The van der Waals surface area contributed by atoms with Gasteiger partial charge >= 0.3 is 0 Å². The first kappa shape index (κ1) is 12.1. The molecule has 0 saturated heterocycles. The third-order valence-electron chi connectivity index (χ3n) is 1.11. The first-order chi connectivity index (χ1) is 4.98. The molecule has 0 aliphatic rings. The van der Waals surface area contributed by atoms with Crippen LogP contribution in [0.15, 0.2) is 12.2 Å². The number of aliphatic hydroxyl groups is 1. The maximum Gasteiger partial charge on any atom is 0.164 e. The highest BCUT2D eigenvalue weighted by Gasteiger charge is 2.25. The summed E-state index contributed by atoms with van der Waals surface area (Å²) >= 11 is 9.68. The molecule has 0 aromatic heterocycles. The number of rotatable bonds is 3. The largest absolute Gasteiger partial charge is 0.386 e. The minimum absolute atomic E-state index is 0.561. The summed E-state index contributed by atoms with van der Waals surface area (Å²) in [6.07, 6.45) is 5.25. The van der Waals surface area contributed by atoms with Gasteiger partial charge in [-0.25, -0.2) is 0 Å². The van der Waals surface area contributed by atoms with E-state index >= 15 is 0 Å². The summed E-state index contributed by atoms with van der Waals surface area (Å²) in [5, 5.41) is 9.38. The molecule has 4 heteroatoms. The molecule has 1 atom stereocenters. The van der Waals surface area contributed by atoms with Crippen LogP contribution in [0, 0.1) is 0 Å². The van der Waals surface area contributed by atoms with Gasteiger partial charge in [-0.15, -0.1) is 0 Å². The molecule has 0 fully saturated rings. The second kappa shape index (κ2) is 5.73. The van der Waals surface area contributed by atoms with E-state index in [2.05, 4.69) is 54.7 Å². The number of allylic oxidation sites excluding steroid dienone is 1. The first-order valence-corrected chi connectivity index (χ1v) is 5.77. The van der Waals surface area contributed by atoms with Crippen molar-refractivity contribution in [2.24, 2.45) is 0 Å². The monoisotopic (exact) mass is 348 g/mol. The van der Waals surface area contributed by atoms with E-state index in [1.165, 1.54) is 0 Å². The smallest absolute Gasteiger partial charge is 0.164 e. The van der Waals surface area contributed by atoms with Crippen molar-refractivity contribution in [3.63, 3.8) is 0 Å². The number of unbranched alkanes of at least 4 members (excludes halogenated alkanes) is 1. The van der Waals surface area contributed by atoms with Crippen LogP contribution in [0.2, 0.25) is 0 Å². The van der Waals surface area contributed by atoms with Gasteiger partial charge in [0.25, 0.3) is 0 Å². The van der Waals surface area contributed by atoms with Crippen molar-refractivity contribution in [1.29, 1.82) is 0 Å². The van der Waals surface area contributed by atoms with Gasteiger partial charge in [0.2, 0.25) is 0 Å². The summed E-state index contributed by atoms with van der Waals surface area (Å²) < 4.78 is -0.586. The van der Waals surface area contributed by atoms with E-state index in [9.17, 15) is 5.11 Å². The van der Waals surface area contributed by atoms with Crippen LogP contribution < -0.4 is 0 Å². The number of aliphatic hydroxyl groups excluding tert-OH is 1. The zero-order chi connectivity index (χ0) is 8.91. The Balaban J connectivity index is 3.77. The normalized spacial score (nSPS) is 15.7. The van der Waals surface area contributed by atoms with E-state index in [-0.39, 0.29) is 0 Å². The maximum absolute atomic E-state index is 9.38. The third kappa shape index (κ3) is 6.31. The van der Waals surface area contributed by atoms with E-state index in [1.807, 2.05) is 6.08 Å². The van der Waals surface area contributed by atoms with E-state index in [0.29, 0.717) is 0 Å². The van der Waals surface area contributed by atoms with Crippen molar-refractivity contribution < 1.29 is 5.11 Å². The summed E-state index contributed by atoms with van der Waals surface area (Å²) in [5.74, 6) is 0. The van der Waals surface area contributed by atoms with Gasteiger partial charge in [0.15, 0.2) is 2.14 Å². The molecule has 66 valence electrons. The summed E-state index contributed by atoms with van der Waals surface area (Å²) in [6, 6.07) is 0. The molecule has 1 N–H and O–H groups in total. The SMILES string of the molecule is CCC/C=C/C(O)C(Br)(Br)Br. The highest BCUT2D eigenvalue weighted by atomic mass is 80.0. The third-order valence-corrected chi connectivity index (χ3v) is 2.52. The fourth-order valence-electron chi connectivity index (χ4n) is 0.501. The van der Waals surface area contributed by atoms with E-state index in [4.69, 9.17) is 0 Å². The first-order valence-electron chi connectivity index (χ1n) is 3.40. The Labute approximate surface area is 92.6 Å². The fourth-order valence-corrected chi connectivity index (χ4v) is 0.959. The number of hydrogen-bond donors (Lipinski definition) is 1. The molecule has 0 amide bonds. The van der Waals surface area contributed by atoms with Gasteiger partial charge in [0.1, 0.15) is 6.10 Å². The van der Waals surface area contributed by atoms with Gasteiger partial charge in [-0.2, -0.15) is 0 Å². The van der Waals surface area contributed by atoms with Gasteiger partial charge in [-0.1, -0.05) is 73.3 Å². The average molecular weight is 351 g/mol. The van der Waals surface area contributed by atoms with Crippen molar-refractivity contribution in [3.05, 3.63) is 12.2 Å². The molecule has 0 bridgehead atoms. The molecule has 11 heavy (non-hydrogen) atoms. The Morgan fingerprint density at radius 1 is 1.45 bits per heavy atom. The molecule has 1 unspecified atom stereocenters. The number of halogens is 3.